The topological polar surface area (TPSA) is 27.7 Å². The first-order chi connectivity index (χ1) is 11.2. The monoisotopic (exact) mass is 366 g/mol. The summed E-state index contributed by atoms with van der Waals surface area (Å²) in [6, 6.07) is 5.07. The standard InChI is InChI=1S/C19H32BFO3Si/c1-17(2,3)25(8,9)22-13-14-11-10-12-15(21)16(14)20-23-18(4,5)19(6,7)24-20/h10-12H,13H2,1-9H3. The quantitative estimate of drug-likeness (QED) is 0.726. The lowest BCUT2D eigenvalue weighted by molar-refractivity contribution is 0.00578. The first-order valence-electron chi connectivity index (χ1n) is 8.95. The van der Waals surface area contributed by atoms with Crippen molar-refractivity contribution >= 4 is 20.9 Å². The summed E-state index contributed by atoms with van der Waals surface area (Å²) in [4.78, 5) is 0. The molecule has 1 aliphatic heterocycles. The summed E-state index contributed by atoms with van der Waals surface area (Å²) in [6.07, 6.45) is 0. The predicted octanol–water partition coefficient (Wildman–Crippen LogP) is 4.65. The van der Waals surface area contributed by atoms with Gasteiger partial charge in [0.15, 0.2) is 8.32 Å². The van der Waals surface area contributed by atoms with Gasteiger partial charge in [-0.25, -0.2) is 4.39 Å². The van der Waals surface area contributed by atoms with E-state index in [1.54, 1.807) is 6.07 Å². The third-order valence-electron chi connectivity index (χ3n) is 6.03. The van der Waals surface area contributed by atoms with E-state index in [0.29, 0.717) is 12.1 Å². The molecule has 0 saturated carbocycles. The minimum Gasteiger partial charge on any atom is -0.413 e. The Morgan fingerprint density at radius 2 is 1.60 bits per heavy atom. The SMILES string of the molecule is CC1(C)OB(c2c(F)cccc2CO[Si](C)(C)C(C)(C)C)OC1(C)C. The number of hydrogen-bond donors (Lipinski definition) is 0. The molecule has 140 valence electrons. The molecule has 0 amide bonds. The zero-order valence-electron chi connectivity index (χ0n) is 17.1. The highest BCUT2D eigenvalue weighted by Gasteiger charge is 2.53. The Bertz CT molecular complexity index is 622. The molecular weight excluding hydrogens is 334 g/mol. The van der Waals surface area contributed by atoms with Crippen LogP contribution < -0.4 is 5.46 Å². The second-order valence-corrected chi connectivity index (χ2v) is 14.3. The molecule has 0 unspecified atom stereocenters. The fraction of sp³-hybridized carbons (Fsp3) is 0.684. The molecule has 0 radical (unpaired) electrons. The molecule has 1 fully saturated rings. The molecule has 3 nitrogen and oxygen atoms in total. The maximum Gasteiger partial charge on any atom is 0.498 e. The molecule has 0 atom stereocenters. The van der Waals surface area contributed by atoms with Crippen LogP contribution in [0, 0.1) is 5.82 Å². The third-order valence-corrected chi connectivity index (χ3v) is 10.5. The molecule has 2 rings (SSSR count). The average molecular weight is 366 g/mol. The summed E-state index contributed by atoms with van der Waals surface area (Å²) in [7, 11) is -2.65. The molecule has 0 spiro atoms. The van der Waals surface area contributed by atoms with Crippen LogP contribution in [0.1, 0.15) is 54.0 Å². The third kappa shape index (κ3) is 4.02. The highest BCUT2D eigenvalue weighted by Crippen LogP contribution is 2.38. The second-order valence-electron chi connectivity index (χ2n) is 9.45. The summed E-state index contributed by atoms with van der Waals surface area (Å²) in [5, 5.41) is 0.102. The Morgan fingerprint density at radius 3 is 2.08 bits per heavy atom. The predicted molar refractivity (Wildman–Crippen MR) is 104 cm³/mol. The van der Waals surface area contributed by atoms with Crippen molar-refractivity contribution in [3.63, 3.8) is 0 Å². The molecule has 25 heavy (non-hydrogen) atoms. The lowest BCUT2D eigenvalue weighted by atomic mass is 9.75. The van der Waals surface area contributed by atoms with Crippen LogP contribution in [-0.4, -0.2) is 26.6 Å². The van der Waals surface area contributed by atoms with Crippen LogP contribution in [0.5, 0.6) is 0 Å². The van der Waals surface area contributed by atoms with E-state index in [-0.39, 0.29) is 10.9 Å². The van der Waals surface area contributed by atoms with Crippen molar-refractivity contribution in [3.8, 4) is 0 Å². The Labute approximate surface area is 153 Å². The zero-order valence-corrected chi connectivity index (χ0v) is 18.1. The Morgan fingerprint density at radius 1 is 1.08 bits per heavy atom. The van der Waals surface area contributed by atoms with E-state index >= 15 is 0 Å². The van der Waals surface area contributed by atoms with Crippen molar-refractivity contribution in [2.24, 2.45) is 0 Å². The number of benzene rings is 1. The molecule has 1 saturated heterocycles. The van der Waals surface area contributed by atoms with Gasteiger partial charge < -0.3 is 13.7 Å². The summed E-state index contributed by atoms with van der Waals surface area (Å²) >= 11 is 0. The molecule has 0 aliphatic carbocycles. The van der Waals surface area contributed by atoms with Crippen LogP contribution in [-0.2, 0) is 20.3 Å². The Kier molecular flexibility index (Phi) is 5.35. The van der Waals surface area contributed by atoms with Crippen LogP contribution in [0.3, 0.4) is 0 Å². The van der Waals surface area contributed by atoms with Gasteiger partial charge in [0, 0.05) is 5.46 Å². The number of hydrogen-bond acceptors (Lipinski definition) is 3. The Balaban J connectivity index is 2.30. The largest absolute Gasteiger partial charge is 0.498 e. The van der Waals surface area contributed by atoms with Crippen LogP contribution >= 0.6 is 0 Å². The summed E-state index contributed by atoms with van der Waals surface area (Å²) < 4.78 is 33.1. The molecule has 0 aromatic heterocycles. The van der Waals surface area contributed by atoms with Crippen molar-refractivity contribution in [2.45, 2.75) is 84.4 Å². The molecule has 0 bridgehead atoms. The number of rotatable bonds is 4. The van der Waals surface area contributed by atoms with Gasteiger partial charge in [-0.2, -0.15) is 0 Å². The van der Waals surface area contributed by atoms with Gasteiger partial charge in [-0.15, -0.1) is 0 Å². The van der Waals surface area contributed by atoms with E-state index in [1.165, 1.54) is 6.07 Å². The van der Waals surface area contributed by atoms with Crippen molar-refractivity contribution in [1.82, 2.24) is 0 Å². The molecule has 1 aromatic carbocycles. The summed E-state index contributed by atoms with van der Waals surface area (Å²) in [5.41, 5.74) is 0.248. The fourth-order valence-electron chi connectivity index (χ4n) is 2.41. The van der Waals surface area contributed by atoms with Crippen LogP contribution in [0.2, 0.25) is 18.1 Å². The van der Waals surface area contributed by atoms with Crippen molar-refractivity contribution in [2.75, 3.05) is 0 Å². The minimum absolute atomic E-state index is 0.102. The van der Waals surface area contributed by atoms with Crippen molar-refractivity contribution in [1.29, 1.82) is 0 Å². The molecule has 1 heterocycles. The molecule has 1 aromatic rings. The first-order valence-corrected chi connectivity index (χ1v) is 11.9. The lowest BCUT2D eigenvalue weighted by Gasteiger charge is -2.36. The van der Waals surface area contributed by atoms with Crippen molar-refractivity contribution in [3.05, 3.63) is 29.6 Å². The maximum absolute atomic E-state index is 14.7. The first kappa shape index (κ1) is 20.6. The van der Waals surface area contributed by atoms with E-state index in [0.717, 1.165) is 5.56 Å². The van der Waals surface area contributed by atoms with E-state index in [1.807, 2.05) is 33.8 Å². The van der Waals surface area contributed by atoms with Gasteiger partial charge in [-0.1, -0.05) is 32.9 Å². The molecule has 1 aliphatic rings. The lowest BCUT2D eigenvalue weighted by Crippen LogP contribution is -2.43. The van der Waals surface area contributed by atoms with Gasteiger partial charge >= 0.3 is 7.12 Å². The van der Waals surface area contributed by atoms with Gasteiger partial charge in [-0.3, -0.25) is 0 Å². The molecular formula is C19H32BFO3Si. The summed E-state index contributed by atoms with van der Waals surface area (Å²) in [5.74, 6) is -0.310. The van der Waals surface area contributed by atoms with E-state index in [9.17, 15) is 4.39 Å². The van der Waals surface area contributed by atoms with Gasteiger partial charge in [0.05, 0.1) is 17.8 Å². The highest BCUT2D eigenvalue weighted by atomic mass is 28.4. The van der Waals surface area contributed by atoms with Gasteiger partial charge in [0.2, 0.25) is 0 Å². The van der Waals surface area contributed by atoms with Crippen molar-refractivity contribution < 1.29 is 18.1 Å². The number of halogens is 1. The smallest absolute Gasteiger partial charge is 0.413 e. The minimum atomic E-state index is -1.93. The Hall–Kier alpha value is -0.688. The molecule has 6 heteroatoms. The van der Waals surface area contributed by atoms with Gasteiger partial charge in [-0.05, 0) is 57.5 Å². The van der Waals surface area contributed by atoms with Gasteiger partial charge in [0.1, 0.15) is 5.82 Å². The normalized spacial score (nSPS) is 20.2. The zero-order chi connectivity index (χ0) is 19.3. The van der Waals surface area contributed by atoms with E-state index in [4.69, 9.17) is 13.7 Å². The maximum atomic E-state index is 14.7. The van der Waals surface area contributed by atoms with Gasteiger partial charge in [0.25, 0.3) is 0 Å². The second kappa shape index (κ2) is 6.48. The van der Waals surface area contributed by atoms with Crippen LogP contribution in [0.4, 0.5) is 4.39 Å². The average Bonchev–Trinajstić information content (AvgIpc) is 2.63. The summed E-state index contributed by atoms with van der Waals surface area (Å²) in [6.45, 7) is 19.2. The highest BCUT2D eigenvalue weighted by molar-refractivity contribution is 6.74. The van der Waals surface area contributed by atoms with Crippen LogP contribution in [0.25, 0.3) is 0 Å². The van der Waals surface area contributed by atoms with E-state index < -0.39 is 26.6 Å². The van der Waals surface area contributed by atoms with E-state index in [2.05, 4.69) is 33.9 Å². The fourth-order valence-corrected chi connectivity index (χ4v) is 3.36. The molecule has 0 N–H and O–H groups in total. The van der Waals surface area contributed by atoms with Crippen LogP contribution in [0.15, 0.2) is 18.2 Å².